The van der Waals surface area contributed by atoms with E-state index in [1.54, 1.807) is 0 Å². The molecule has 1 amide bonds. The third-order valence-electron chi connectivity index (χ3n) is 5.87. The molecule has 0 bridgehead atoms. The summed E-state index contributed by atoms with van der Waals surface area (Å²) in [5, 5.41) is 8.92. The first kappa shape index (κ1) is 18.9. The van der Waals surface area contributed by atoms with E-state index in [2.05, 4.69) is 47.1 Å². The zero-order chi connectivity index (χ0) is 19.5. The second-order valence-electron chi connectivity index (χ2n) is 7.80. The number of carbonyl (C=O) groups excluding carboxylic acids is 1. The van der Waals surface area contributed by atoms with Gasteiger partial charge in [-0.2, -0.15) is 0 Å². The number of rotatable bonds is 3. The van der Waals surface area contributed by atoms with Gasteiger partial charge in [-0.1, -0.05) is 12.1 Å². The van der Waals surface area contributed by atoms with E-state index in [-0.39, 0.29) is 11.8 Å². The standard InChI is InChI=1S/C22H28N4O2/c1-16-5-6-18(14-17(16)2)20-7-8-21(24-23-20)26-9-3-4-19(15-26)22(27)25-10-12-28-13-11-25/h5-8,14,19H,3-4,9-13,15H2,1-2H3/t19-/m0/s1. The van der Waals surface area contributed by atoms with Crippen LogP contribution < -0.4 is 4.90 Å². The zero-order valence-electron chi connectivity index (χ0n) is 16.7. The fraction of sp³-hybridized carbons (Fsp3) is 0.500. The Morgan fingerprint density at radius 1 is 1.04 bits per heavy atom. The highest BCUT2D eigenvalue weighted by Gasteiger charge is 2.30. The average Bonchev–Trinajstić information content (AvgIpc) is 2.76. The summed E-state index contributed by atoms with van der Waals surface area (Å²) in [6, 6.07) is 10.4. The lowest BCUT2D eigenvalue weighted by Gasteiger charge is -2.36. The molecule has 1 aromatic heterocycles. The normalized spacial score (nSPS) is 20.3. The molecule has 0 saturated carbocycles. The van der Waals surface area contributed by atoms with Gasteiger partial charge in [-0.15, -0.1) is 10.2 Å². The first-order valence-corrected chi connectivity index (χ1v) is 10.1. The summed E-state index contributed by atoms with van der Waals surface area (Å²) in [6.07, 6.45) is 1.95. The third-order valence-corrected chi connectivity index (χ3v) is 5.87. The molecule has 0 unspecified atom stereocenters. The van der Waals surface area contributed by atoms with Gasteiger partial charge in [0, 0.05) is 31.7 Å². The number of carbonyl (C=O) groups is 1. The number of hydrogen-bond acceptors (Lipinski definition) is 5. The summed E-state index contributed by atoms with van der Waals surface area (Å²) in [5.74, 6) is 1.15. The van der Waals surface area contributed by atoms with Crippen LogP contribution in [0.1, 0.15) is 24.0 Å². The molecule has 2 aliphatic rings. The van der Waals surface area contributed by atoms with Crippen LogP contribution in [0.2, 0.25) is 0 Å². The van der Waals surface area contributed by atoms with Crippen molar-refractivity contribution in [1.29, 1.82) is 0 Å². The number of hydrogen-bond donors (Lipinski definition) is 0. The Kier molecular flexibility index (Phi) is 5.57. The molecule has 1 atom stereocenters. The molecule has 2 saturated heterocycles. The van der Waals surface area contributed by atoms with E-state index in [1.807, 2.05) is 17.0 Å². The van der Waals surface area contributed by atoms with Gasteiger partial charge in [0.15, 0.2) is 5.82 Å². The largest absolute Gasteiger partial charge is 0.378 e. The Balaban J connectivity index is 1.44. The van der Waals surface area contributed by atoms with E-state index < -0.39 is 0 Å². The number of nitrogens with zero attached hydrogens (tertiary/aromatic N) is 4. The third kappa shape index (κ3) is 4.02. The van der Waals surface area contributed by atoms with Crippen molar-refractivity contribution in [2.45, 2.75) is 26.7 Å². The first-order valence-electron chi connectivity index (χ1n) is 10.1. The quantitative estimate of drug-likeness (QED) is 0.820. The van der Waals surface area contributed by atoms with Gasteiger partial charge in [-0.05, 0) is 56.0 Å². The topological polar surface area (TPSA) is 58.6 Å². The lowest BCUT2D eigenvalue weighted by atomic mass is 9.96. The molecule has 4 rings (SSSR count). The molecule has 2 fully saturated rings. The minimum atomic E-state index is 0.0353. The van der Waals surface area contributed by atoms with Gasteiger partial charge in [0.25, 0.3) is 0 Å². The zero-order valence-corrected chi connectivity index (χ0v) is 16.7. The van der Waals surface area contributed by atoms with Gasteiger partial charge < -0.3 is 14.5 Å². The molecule has 28 heavy (non-hydrogen) atoms. The Bertz CT molecular complexity index is 831. The van der Waals surface area contributed by atoms with Crippen LogP contribution in [0.25, 0.3) is 11.3 Å². The van der Waals surface area contributed by atoms with Crippen LogP contribution in [-0.2, 0) is 9.53 Å². The van der Waals surface area contributed by atoms with Crippen LogP contribution in [0.5, 0.6) is 0 Å². The Hall–Kier alpha value is -2.47. The van der Waals surface area contributed by atoms with Crippen LogP contribution in [0.4, 0.5) is 5.82 Å². The fourth-order valence-corrected chi connectivity index (χ4v) is 3.98. The van der Waals surface area contributed by atoms with Crippen LogP contribution in [-0.4, -0.2) is 60.4 Å². The molecular weight excluding hydrogens is 352 g/mol. The molecule has 3 heterocycles. The summed E-state index contributed by atoms with van der Waals surface area (Å²) in [7, 11) is 0. The van der Waals surface area contributed by atoms with Crippen LogP contribution in [0.3, 0.4) is 0 Å². The van der Waals surface area contributed by atoms with E-state index in [9.17, 15) is 4.79 Å². The van der Waals surface area contributed by atoms with E-state index in [4.69, 9.17) is 4.74 Å². The molecule has 6 heteroatoms. The van der Waals surface area contributed by atoms with E-state index >= 15 is 0 Å². The molecule has 0 N–H and O–H groups in total. The number of morpholine rings is 1. The molecule has 0 radical (unpaired) electrons. The number of anilines is 1. The number of aromatic nitrogens is 2. The number of piperidine rings is 1. The highest BCUT2D eigenvalue weighted by Crippen LogP contribution is 2.25. The maximum atomic E-state index is 12.8. The van der Waals surface area contributed by atoms with Crippen LogP contribution in [0, 0.1) is 19.8 Å². The minimum absolute atomic E-state index is 0.0353. The molecule has 148 valence electrons. The van der Waals surface area contributed by atoms with Crippen molar-refractivity contribution in [2.24, 2.45) is 5.92 Å². The number of ether oxygens (including phenoxy) is 1. The molecule has 2 aromatic rings. The van der Waals surface area contributed by atoms with Gasteiger partial charge in [0.05, 0.1) is 24.8 Å². The van der Waals surface area contributed by atoms with Crippen molar-refractivity contribution >= 4 is 11.7 Å². The maximum absolute atomic E-state index is 12.8. The van der Waals surface area contributed by atoms with Gasteiger partial charge in [0.2, 0.25) is 5.91 Å². The van der Waals surface area contributed by atoms with Crippen molar-refractivity contribution in [3.05, 3.63) is 41.5 Å². The van der Waals surface area contributed by atoms with E-state index in [0.717, 1.165) is 36.5 Å². The van der Waals surface area contributed by atoms with E-state index in [0.29, 0.717) is 32.8 Å². The Labute approximate surface area is 166 Å². The fourth-order valence-electron chi connectivity index (χ4n) is 3.98. The lowest BCUT2D eigenvalue weighted by molar-refractivity contribution is -0.139. The molecule has 0 aliphatic carbocycles. The summed E-state index contributed by atoms with van der Waals surface area (Å²) in [6.45, 7) is 8.57. The molecule has 6 nitrogen and oxygen atoms in total. The van der Waals surface area contributed by atoms with Crippen LogP contribution in [0.15, 0.2) is 30.3 Å². The smallest absolute Gasteiger partial charge is 0.227 e. The Morgan fingerprint density at radius 2 is 1.86 bits per heavy atom. The Morgan fingerprint density at radius 3 is 2.57 bits per heavy atom. The van der Waals surface area contributed by atoms with Crippen LogP contribution >= 0.6 is 0 Å². The predicted octanol–water partition coefficient (Wildman–Crippen LogP) is 2.84. The summed E-state index contributed by atoms with van der Waals surface area (Å²) >= 11 is 0. The second-order valence-corrected chi connectivity index (χ2v) is 7.80. The van der Waals surface area contributed by atoms with Crippen molar-refractivity contribution < 1.29 is 9.53 Å². The highest BCUT2D eigenvalue weighted by molar-refractivity contribution is 5.80. The number of aryl methyl sites for hydroxylation is 2. The summed E-state index contributed by atoms with van der Waals surface area (Å²) in [5.41, 5.74) is 4.49. The summed E-state index contributed by atoms with van der Waals surface area (Å²) in [4.78, 5) is 17.0. The van der Waals surface area contributed by atoms with Crippen molar-refractivity contribution in [3.63, 3.8) is 0 Å². The molecule has 2 aliphatic heterocycles. The molecule has 1 aromatic carbocycles. The van der Waals surface area contributed by atoms with Gasteiger partial charge in [-0.25, -0.2) is 0 Å². The number of benzene rings is 1. The summed E-state index contributed by atoms with van der Waals surface area (Å²) < 4.78 is 5.37. The van der Waals surface area contributed by atoms with Gasteiger partial charge >= 0.3 is 0 Å². The maximum Gasteiger partial charge on any atom is 0.227 e. The van der Waals surface area contributed by atoms with Crippen molar-refractivity contribution in [2.75, 3.05) is 44.3 Å². The van der Waals surface area contributed by atoms with E-state index in [1.165, 1.54) is 11.1 Å². The SMILES string of the molecule is Cc1ccc(-c2ccc(N3CCC[C@H](C(=O)N4CCOCC4)C3)nn2)cc1C. The average molecular weight is 380 g/mol. The second kappa shape index (κ2) is 8.27. The monoisotopic (exact) mass is 380 g/mol. The van der Waals surface area contributed by atoms with Crippen molar-refractivity contribution in [1.82, 2.24) is 15.1 Å². The van der Waals surface area contributed by atoms with Gasteiger partial charge in [0.1, 0.15) is 0 Å². The predicted molar refractivity (Wildman–Crippen MR) is 109 cm³/mol. The lowest BCUT2D eigenvalue weighted by Crippen LogP contribution is -2.48. The number of amides is 1. The minimum Gasteiger partial charge on any atom is -0.378 e. The molecular formula is C22H28N4O2. The highest BCUT2D eigenvalue weighted by atomic mass is 16.5. The van der Waals surface area contributed by atoms with Crippen molar-refractivity contribution in [3.8, 4) is 11.3 Å². The first-order chi connectivity index (χ1) is 13.6. The molecule has 0 spiro atoms. The van der Waals surface area contributed by atoms with Gasteiger partial charge in [-0.3, -0.25) is 4.79 Å².